The molecule has 1 amide bonds. The molecular weight excluding hydrogens is 440 g/mol. The van der Waals surface area contributed by atoms with Crippen molar-refractivity contribution in [2.24, 2.45) is 5.92 Å². The van der Waals surface area contributed by atoms with E-state index in [1.165, 1.54) is 26.0 Å². The summed E-state index contributed by atoms with van der Waals surface area (Å²) in [6.45, 7) is 3.47. The maximum absolute atomic E-state index is 13.2. The van der Waals surface area contributed by atoms with Crippen LogP contribution in [-0.2, 0) is 16.4 Å². The minimum Gasteiger partial charge on any atom is -0.394 e. The van der Waals surface area contributed by atoms with Crippen molar-refractivity contribution in [2.45, 2.75) is 38.6 Å². The van der Waals surface area contributed by atoms with E-state index in [4.69, 9.17) is 0 Å². The van der Waals surface area contributed by atoms with Crippen LogP contribution in [0.2, 0.25) is 0 Å². The first-order valence-corrected chi connectivity index (χ1v) is 13.2. The second-order valence-electron chi connectivity index (χ2n) is 8.73. The van der Waals surface area contributed by atoms with Crippen molar-refractivity contribution in [1.29, 1.82) is 0 Å². The Morgan fingerprint density at radius 2 is 1.88 bits per heavy atom. The maximum Gasteiger partial charge on any atom is 0.251 e. The topological polar surface area (TPSA) is 103 Å². The lowest BCUT2D eigenvalue weighted by Crippen LogP contribution is -2.39. The summed E-state index contributed by atoms with van der Waals surface area (Å²) >= 11 is 0. The molecule has 1 unspecified atom stereocenters. The summed E-state index contributed by atoms with van der Waals surface area (Å²) < 4.78 is 25.4. The average molecular weight is 475 g/mol. The number of hydrogen-bond donors (Lipinski definition) is 2. The molecule has 1 aromatic carbocycles. The van der Waals surface area contributed by atoms with E-state index >= 15 is 0 Å². The highest BCUT2D eigenvalue weighted by Gasteiger charge is 2.26. The summed E-state index contributed by atoms with van der Waals surface area (Å²) in [5.41, 5.74) is 1.32. The number of anilines is 2. The number of aliphatic hydroxyl groups is 1. The van der Waals surface area contributed by atoms with Crippen LogP contribution in [0, 0.1) is 5.92 Å². The molecule has 0 spiro atoms. The smallest absolute Gasteiger partial charge is 0.251 e. The molecule has 0 bridgehead atoms. The fourth-order valence-corrected chi connectivity index (χ4v) is 4.07. The van der Waals surface area contributed by atoms with E-state index in [-0.39, 0.29) is 18.3 Å². The zero-order chi connectivity index (χ0) is 24.0. The van der Waals surface area contributed by atoms with Gasteiger partial charge in [-0.2, -0.15) is 0 Å². The van der Waals surface area contributed by atoms with Gasteiger partial charge in [-0.25, -0.2) is 13.4 Å². The molecule has 0 saturated heterocycles. The SMILES string of the molecule is CCCN(CC1CC1)c1cc(C(=O)NC(CO)Cc2ccccc2)cc(N(C)S(C)(=O)=O)n1. The largest absolute Gasteiger partial charge is 0.394 e. The lowest BCUT2D eigenvalue weighted by Gasteiger charge is -2.26. The fourth-order valence-electron chi connectivity index (χ4n) is 3.64. The molecule has 1 aliphatic rings. The van der Waals surface area contributed by atoms with Crippen LogP contribution in [0.25, 0.3) is 0 Å². The van der Waals surface area contributed by atoms with Crippen LogP contribution >= 0.6 is 0 Å². The van der Waals surface area contributed by atoms with Crippen LogP contribution in [0.15, 0.2) is 42.5 Å². The molecule has 3 rings (SSSR count). The van der Waals surface area contributed by atoms with Crippen molar-refractivity contribution < 1.29 is 18.3 Å². The molecule has 33 heavy (non-hydrogen) atoms. The molecule has 9 heteroatoms. The number of sulfonamides is 1. The Bertz CT molecular complexity index is 1040. The Morgan fingerprint density at radius 3 is 2.45 bits per heavy atom. The summed E-state index contributed by atoms with van der Waals surface area (Å²) in [5.74, 6) is 1.02. The van der Waals surface area contributed by atoms with Gasteiger partial charge in [0.25, 0.3) is 5.91 Å². The molecule has 0 aliphatic heterocycles. The lowest BCUT2D eigenvalue weighted by atomic mass is 10.1. The Kier molecular flexibility index (Phi) is 8.31. The van der Waals surface area contributed by atoms with Crippen molar-refractivity contribution in [1.82, 2.24) is 10.3 Å². The van der Waals surface area contributed by atoms with Gasteiger partial charge in [-0.3, -0.25) is 9.10 Å². The molecule has 1 atom stereocenters. The highest BCUT2D eigenvalue weighted by Crippen LogP contribution is 2.32. The van der Waals surface area contributed by atoms with E-state index in [2.05, 4.69) is 22.1 Å². The highest BCUT2D eigenvalue weighted by atomic mass is 32.2. The monoisotopic (exact) mass is 474 g/mol. The van der Waals surface area contributed by atoms with Gasteiger partial charge in [-0.1, -0.05) is 37.3 Å². The minimum absolute atomic E-state index is 0.195. The summed E-state index contributed by atoms with van der Waals surface area (Å²) in [4.78, 5) is 19.9. The number of rotatable bonds is 12. The van der Waals surface area contributed by atoms with E-state index in [9.17, 15) is 18.3 Å². The van der Waals surface area contributed by atoms with Gasteiger partial charge >= 0.3 is 0 Å². The van der Waals surface area contributed by atoms with Crippen LogP contribution in [0.4, 0.5) is 11.6 Å². The molecule has 1 saturated carbocycles. The number of hydrogen-bond acceptors (Lipinski definition) is 6. The predicted molar refractivity (Wildman–Crippen MR) is 131 cm³/mol. The molecule has 1 fully saturated rings. The first kappa shape index (κ1) is 25.0. The number of aliphatic hydroxyl groups excluding tert-OH is 1. The van der Waals surface area contributed by atoms with Gasteiger partial charge in [0.15, 0.2) is 0 Å². The first-order chi connectivity index (χ1) is 15.7. The third-order valence-electron chi connectivity index (χ3n) is 5.75. The summed E-state index contributed by atoms with van der Waals surface area (Å²) in [6.07, 6.45) is 4.85. The number of benzene rings is 1. The van der Waals surface area contributed by atoms with Crippen LogP contribution in [0.5, 0.6) is 0 Å². The Labute approximate surface area is 196 Å². The van der Waals surface area contributed by atoms with Gasteiger partial charge < -0.3 is 15.3 Å². The number of nitrogens with zero attached hydrogens (tertiary/aromatic N) is 3. The fraction of sp³-hybridized carbons (Fsp3) is 0.500. The number of pyridine rings is 1. The normalized spacial score (nSPS) is 14.5. The molecule has 8 nitrogen and oxygen atoms in total. The molecule has 0 radical (unpaired) electrons. The van der Waals surface area contributed by atoms with Gasteiger partial charge in [0.05, 0.1) is 18.9 Å². The number of aromatic nitrogens is 1. The average Bonchev–Trinajstić information content (AvgIpc) is 3.61. The number of carbonyl (C=O) groups excluding carboxylic acids is 1. The van der Waals surface area contributed by atoms with E-state index in [0.717, 1.165) is 35.6 Å². The van der Waals surface area contributed by atoms with Gasteiger partial charge in [-0.15, -0.1) is 0 Å². The summed E-state index contributed by atoms with van der Waals surface area (Å²) in [5, 5.41) is 12.7. The number of carbonyl (C=O) groups is 1. The zero-order valence-corrected chi connectivity index (χ0v) is 20.4. The maximum atomic E-state index is 13.2. The molecule has 2 N–H and O–H groups in total. The van der Waals surface area contributed by atoms with Crippen molar-refractivity contribution in [2.75, 3.05) is 42.2 Å². The van der Waals surface area contributed by atoms with Crippen molar-refractivity contribution in [3.8, 4) is 0 Å². The van der Waals surface area contributed by atoms with E-state index in [0.29, 0.717) is 23.7 Å². The van der Waals surface area contributed by atoms with Gasteiger partial charge in [0.1, 0.15) is 11.6 Å². The van der Waals surface area contributed by atoms with E-state index < -0.39 is 16.1 Å². The third-order valence-corrected chi connectivity index (χ3v) is 6.94. The molecular formula is C24H34N4O4S. The molecule has 2 aromatic rings. The minimum atomic E-state index is -3.55. The Hall–Kier alpha value is -2.65. The number of nitrogens with one attached hydrogen (secondary N) is 1. The van der Waals surface area contributed by atoms with Crippen LogP contribution < -0.4 is 14.5 Å². The van der Waals surface area contributed by atoms with E-state index in [1.54, 1.807) is 6.07 Å². The van der Waals surface area contributed by atoms with Gasteiger partial charge in [0, 0.05) is 25.7 Å². The van der Waals surface area contributed by atoms with Crippen LogP contribution in [0.1, 0.15) is 42.1 Å². The summed E-state index contributed by atoms with van der Waals surface area (Å²) in [6, 6.07) is 12.4. The second kappa shape index (κ2) is 11.0. The molecule has 180 valence electrons. The molecule has 1 aromatic heterocycles. The predicted octanol–water partition coefficient (Wildman–Crippen LogP) is 2.44. The van der Waals surface area contributed by atoms with Crippen molar-refractivity contribution in [3.05, 3.63) is 53.6 Å². The zero-order valence-electron chi connectivity index (χ0n) is 19.6. The van der Waals surface area contributed by atoms with Gasteiger partial charge in [0.2, 0.25) is 10.0 Å². The first-order valence-electron chi connectivity index (χ1n) is 11.4. The third kappa shape index (κ3) is 7.17. The standard InChI is InChI=1S/C24H34N4O4S/c1-4-12-28(16-19-10-11-19)23-15-20(14-22(26-23)27(2)33(3,31)32)24(30)25-21(17-29)13-18-8-6-5-7-9-18/h5-9,14-15,19,21,29H,4,10-13,16-17H2,1-3H3,(H,25,30). The van der Waals surface area contributed by atoms with Crippen LogP contribution in [-0.4, -0.2) is 63.5 Å². The van der Waals surface area contributed by atoms with Crippen molar-refractivity contribution >= 4 is 27.6 Å². The second-order valence-corrected chi connectivity index (χ2v) is 10.7. The van der Waals surface area contributed by atoms with Crippen molar-refractivity contribution in [3.63, 3.8) is 0 Å². The molecule has 1 heterocycles. The van der Waals surface area contributed by atoms with Gasteiger partial charge in [-0.05, 0) is 49.3 Å². The Morgan fingerprint density at radius 1 is 1.21 bits per heavy atom. The molecule has 1 aliphatic carbocycles. The van der Waals surface area contributed by atoms with E-state index in [1.807, 2.05) is 30.3 Å². The van der Waals surface area contributed by atoms with Crippen LogP contribution in [0.3, 0.4) is 0 Å². The number of amides is 1. The summed E-state index contributed by atoms with van der Waals surface area (Å²) in [7, 11) is -2.12. The highest BCUT2D eigenvalue weighted by molar-refractivity contribution is 7.92. The lowest BCUT2D eigenvalue weighted by molar-refractivity contribution is 0.0916. The Balaban J connectivity index is 1.90. The quantitative estimate of drug-likeness (QED) is 0.490.